The molecule has 5 rings (SSSR count). The number of nitrogens with one attached hydrogen (secondary N) is 2. The van der Waals surface area contributed by atoms with Gasteiger partial charge >= 0.3 is 0 Å². The highest BCUT2D eigenvalue weighted by molar-refractivity contribution is 6.03. The van der Waals surface area contributed by atoms with Crippen molar-refractivity contribution in [3.8, 4) is 22.8 Å². The van der Waals surface area contributed by atoms with E-state index in [1.807, 2.05) is 26.8 Å². The number of piperazine rings is 1. The van der Waals surface area contributed by atoms with Crippen LogP contribution in [0.3, 0.4) is 0 Å². The second-order valence-corrected chi connectivity index (χ2v) is 9.30. The van der Waals surface area contributed by atoms with Gasteiger partial charge in [0.2, 0.25) is 0 Å². The highest BCUT2D eigenvalue weighted by atomic mass is 19.1. The molecule has 0 radical (unpaired) electrons. The van der Waals surface area contributed by atoms with Gasteiger partial charge in [-0.1, -0.05) is 19.9 Å². The number of hydrogen-bond acceptors (Lipinski definition) is 7. The summed E-state index contributed by atoms with van der Waals surface area (Å²) in [6, 6.07) is 5.17. The van der Waals surface area contributed by atoms with Crippen molar-refractivity contribution in [1.29, 1.82) is 0 Å². The van der Waals surface area contributed by atoms with E-state index in [2.05, 4.69) is 20.6 Å². The molecule has 188 valence electrons. The van der Waals surface area contributed by atoms with Crippen LogP contribution in [0.15, 0.2) is 30.5 Å². The molecule has 2 aromatic heterocycles. The first kappa shape index (κ1) is 23.9. The number of benzene rings is 1. The van der Waals surface area contributed by atoms with E-state index in [1.165, 1.54) is 12.1 Å². The number of aromatic hydroxyl groups is 1. The van der Waals surface area contributed by atoms with Gasteiger partial charge in [0.1, 0.15) is 35.2 Å². The van der Waals surface area contributed by atoms with Crippen LogP contribution in [0.4, 0.5) is 20.3 Å². The number of carbonyl (C=O) groups excluding carboxylic acids is 1. The Morgan fingerprint density at radius 3 is 2.81 bits per heavy atom. The van der Waals surface area contributed by atoms with E-state index in [0.717, 1.165) is 17.3 Å². The van der Waals surface area contributed by atoms with Gasteiger partial charge in [0.05, 0.1) is 23.0 Å². The topological polar surface area (TPSA) is 99.6 Å². The lowest BCUT2D eigenvalue weighted by molar-refractivity contribution is 0.0606. The number of phenols is 1. The largest absolute Gasteiger partial charge is 0.507 e. The first-order chi connectivity index (χ1) is 17.3. The number of amides is 1. The first-order valence-electron chi connectivity index (χ1n) is 11.9. The van der Waals surface area contributed by atoms with Gasteiger partial charge in [-0.15, -0.1) is 0 Å². The molecule has 0 saturated carbocycles. The Morgan fingerprint density at radius 2 is 2.06 bits per heavy atom. The third-order valence-corrected chi connectivity index (χ3v) is 6.55. The SMILES string of the molecule is Cc1ccnc(C(C)C)c1Nc1nc(-c2c(O)cccc2F)c(F)c2c1C(=O)N1CCNC[C@@H]1CO2. The lowest BCUT2D eigenvalue weighted by Crippen LogP contribution is -2.54. The molecule has 0 unspecified atom stereocenters. The molecule has 36 heavy (non-hydrogen) atoms. The number of pyridine rings is 2. The summed E-state index contributed by atoms with van der Waals surface area (Å²) in [5, 5.41) is 16.8. The summed E-state index contributed by atoms with van der Waals surface area (Å²) >= 11 is 0. The van der Waals surface area contributed by atoms with E-state index in [1.54, 1.807) is 11.1 Å². The van der Waals surface area contributed by atoms with Crippen LogP contribution in [0, 0.1) is 18.6 Å². The molecule has 0 spiro atoms. The summed E-state index contributed by atoms with van der Waals surface area (Å²) in [5.74, 6) is -3.05. The van der Waals surface area contributed by atoms with Crippen LogP contribution >= 0.6 is 0 Å². The van der Waals surface area contributed by atoms with E-state index in [-0.39, 0.29) is 35.7 Å². The number of phenolic OH excluding ortho intramolecular Hbond substituents is 1. The van der Waals surface area contributed by atoms with E-state index in [9.17, 15) is 14.3 Å². The van der Waals surface area contributed by atoms with Crippen molar-refractivity contribution < 1.29 is 23.4 Å². The molecule has 2 aliphatic rings. The van der Waals surface area contributed by atoms with Crippen molar-refractivity contribution in [3.63, 3.8) is 0 Å². The predicted octanol–water partition coefficient (Wildman–Crippen LogP) is 4.11. The highest BCUT2D eigenvalue weighted by Gasteiger charge is 2.38. The van der Waals surface area contributed by atoms with Gasteiger partial charge in [-0.25, -0.2) is 13.8 Å². The number of ether oxygens (including phenoxy) is 1. The quantitative estimate of drug-likeness (QED) is 0.501. The minimum atomic E-state index is -1.01. The molecule has 3 aromatic rings. The Balaban J connectivity index is 1.76. The van der Waals surface area contributed by atoms with Crippen LogP contribution in [-0.2, 0) is 0 Å². The van der Waals surface area contributed by atoms with Gasteiger partial charge in [0.15, 0.2) is 11.6 Å². The number of fused-ring (bicyclic) bond motifs is 2. The second kappa shape index (κ2) is 9.34. The third kappa shape index (κ3) is 4.01. The number of rotatable bonds is 4. The van der Waals surface area contributed by atoms with E-state index < -0.39 is 34.5 Å². The maximum absolute atomic E-state index is 15.9. The number of carbonyl (C=O) groups is 1. The highest BCUT2D eigenvalue weighted by Crippen LogP contribution is 2.42. The fourth-order valence-corrected chi connectivity index (χ4v) is 4.68. The van der Waals surface area contributed by atoms with Crippen molar-refractivity contribution in [2.24, 2.45) is 0 Å². The zero-order chi connectivity index (χ0) is 25.6. The lowest BCUT2D eigenvalue weighted by atomic mass is 10.0. The fourth-order valence-electron chi connectivity index (χ4n) is 4.68. The van der Waals surface area contributed by atoms with E-state index in [0.29, 0.717) is 25.3 Å². The molecule has 8 nitrogen and oxygen atoms in total. The fraction of sp³-hybridized carbons (Fsp3) is 0.346. The van der Waals surface area contributed by atoms with Crippen LogP contribution in [0.5, 0.6) is 11.5 Å². The molecular formula is C26H27F2N5O3. The maximum Gasteiger partial charge on any atom is 0.261 e. The molecule has 0 bridgehead atoms. The summed E-state index contributed by atoms with van der Waals surface area (Å²) in [7, 11) is 0. The van der Waals surface area contributed by atoms with Crippen LogP contribution in [0.25, 0.3) is 11.3 Å². The summed E-state index contributed by atoms with van der Waals surface area (Å²) in [6.07, 6.45) is 1.69. The van der Waals surface area contributed by atoms with Gasteiger partial charge in [0.25, 0.3) is 5.91 Å². The molecule has 10 heteroatoms. The molecule has 3 N–H and O–H groups in total. The molecule has 1 amide bonds. The third-order valence-electron chi connectivity index (χ3n) is 6.55. The normalized spacial score (nSPS) is 17.3. The first-order valence-corrected chi connectivity index (χ1v) is 11.9. The summed E-state index contributed by atoms with van der Waals surface area (Å²) in [4.78, 5) is 24.3. The average Bonchev–Trinajstić information content (AvgIpc) is 3.00. The van der Waals surface area contributed by atoms with Crippen molar-refractivity contribution >= 4 is 17.4 Å². The number of nitrogens with zero attached hydrogens (tertiary/aromatic N) is 3. The molecular weight excluding hydrogens is 468 g/mol. The molecule has 2 aliphatic heterocycles. The van der Waals surface area contributed by atoms with E-state index >= 15 is 4.39 Å². The predicted molar refractivity (Wildman–Crippen MR) is 131 cm³/mol. The van der Waals surface area contributed by atoms with Gasteiger partial charge in [-0.05, 0) is 36.6 Å². The second-order valence-electron chi connectivity index (χ2n) is 9.30. The smallest absolute Gasteiger partial charge is 0.261 e. The summed E-state index contributed by atoms with van der Waals surface area (Å²) < 4.78 is 36.6. The van der Waals surface area contributed by atoms with Crippen LogP contribution in [0.1, 0.15) is 41.4 Å². The lowest BCUT2D eigenvalue weighted by Gasteiger charge is -2.34. The minimum absolute atomic E-state index is 0.00577. The van der Waals surface area contributed by atoms with Crippen LogP contribution in [0.2, 0.25) is 0 Å². The Bertz CT molecular complexity index is 1330. The Hall–Kier alpha value is -3.79. The standard InChI is InChI=1S/C26H27F2N5O3/c1-13(2)21-22(14(3)7-8-30-21)31-25-19-24(36-12-15-11-29-9-10-33(15)26(19)35)20(28)23(32-25)18-16(27)5-4-6-17(18)34/h4-8,13,15,29,34H,9-12H2,1-3H3,(H,31,32)/t15-/m1/s1. The molecule has 1 aromatic carbocycles. The minimum Gasteiger partial charge on any atom is -0.507 e. The molecule has 1 atom stereocenters. The Kier molecular flexibility index (Phi) is 6.21. The molecule has 4 heterocycles. The van der Waals surface area contributed by atoms with Gasteiger partial charge in [-0.2, -0.15) is 0 Å². The van der Waals surface area contributed by atoms with Gasteiger partial charge in [-0.3, -0.25) is 9.78 Å². The van der Waals surface area contributed by atoms with Crippen molar-refractivity contribution in [2.45, 2.75) is 32.7 Å². The van der Waals surface area contributed by atoms with E-state index in [4.69, 9.17) is 4.74 Å². The Morgan fingerprint density at radius 1 is 1.25 bits per heavy atom. The molecule has 1 fully saturated rings. The number of hydrogen-bond donors (Lipinski definition) is 3. The van der Waals surface area contributed by atoms with Gasteiger partial charge in [0, 0.05) is 25.8 Å². The summed E-state index contributed by atoms with van der Waals surface area (Å²) in [6.45, 7) is 7.41. The zero-order valence-electron chi connectivity index (χ0n) is 20.2. The number of anilines is 2. The van der Waals surface area contributed by atoms with Crippen molar-refractivity contribution in [3.05, 3.63) is 58.9 Å². The number of halogens is 2. The van der Waals surface area contributed by atoms with Crippen molar-refractivity contribution in [1.82, 2.24) is 20.2 Å². The molecule has 0 aliphatic carbocycles. The van der Waals surface area contributed by atoms with Crippen LogP contribution < -0.4 is 15.4 Å². The zero-order valence-corrected chi connectivity index (χ0v) is 20.2. The monoisotopic (exact) mass is 495 g/mol. The number of aromatic nitrogens is 2. The Labute approximate surface area is 207 Å². The van der Waals surface area contributed by atoms with Crippen molar-refractivity contribution in [2.75, 3.05) is 31.6 Å². The average molecular weight is 496 g/mol. The van der Waals surface area contributed by atoms with Gasteiger partial charge < -0.3 is 25.4 Å². The molecule has 1 saturated heterocycles. The maximum atomic E-state index is 15.9. The number of aryl methyl sites for hydroxylation is 1. The summed E-state index contributed by atoms with van der Waals surface area (Å²) in [5.41, 5.74) is 1.25. The van der Waals surface area contributed by atoms with Crippen LogP contribution in [-0.4, -0.2) is 58.2 Å².